The van der Waals surface area contributed by atoms with Crippen LogP contribution in [-0.4, -0.2) is 73.4 Å². The van der Waals surface area contributed by atoms with E-state index < -0.39 is 6.03 Å². The highest BCUT2D eigenvalue weighted by Gasteiger charge is 2.15. The van der Waals surface area contributed by atoms with Crippen LogP contribution in [0.1, 0.15) is 6.42 Å². The van der Waals surface area contributed by atoms with Crippen molar-refractivity contribution in [2.24, 2.45) is 5.73 Å². The number of hydrogen-bond donors (Lipinski definition) is 3. The molecule has 16 heavy (non-hydrogen) atoms. The van der Waals surface area contributed by atoms with Crippen molar-refractivity contribution >= 4 is 6.03 Å². The van der Waals surface area contributed by atoms with Crippen LogP contribution in [0.25, 0.3) is 0 Å². The van der Waals surface area contributed by atoms with E-state index in [9.17, 15) is 4.79 Å². The van der Waals surface area contributed by atoms with Gasteiger partial charge in [-0.3, -0.25) is 4.90 Å². The highest BCUT2D eigenvalue weighted by molar-refractivity contribution is 5.71. The summed E-state index contributed by atoms with van der Waals surface area (Å²) in [7, 11) is 0. The van der Waals surface area contributed by atoms with E-state index in [1.807, 2.05) is 0 Å². The van der Waals surface area contributed by atoms with E-state index in [0.29, 0.717) is 6.54 Å². The summed E-state index contributed by atoms with van der Waals surface area (Å²) >= 11 is 0. The molecule has 4 N–H and O–H groups in total. The van der Waals surface area contributed by atoms with Gasteiger partial charge in [0.05, 0.1) is 0 Å². The van der Waals surface area contributed by atoms with Crippen LogP contribution in [0.4, 0.5) is 4.79 Å². The minimum Gasteiger partial charge on any atom is -0.396 e. The molecule has 0 aromatic carbocycles. The molecule has 0 bridgehead atoms. The average molecular weight is 230 g/mol. The van der Waals surface area contributed by atoms with Crippen molar-refractivity contribution in [2.45, 2.75) is 6.42 Å². The molecular weight excluding hydrogens is 208 g/mol. The Morgan fingerprint density at radius 3 is 2.25 bits per heavy atom. The lowest BCUT2D eigenvalue weighted by Crippen LogP contribution is -2.48. The molecule has 0 aromatic rings. The lowest BCUT2D eigenvalue weighted by molar-refractivity contribution is 0.125. The molecule has 1 aliphatic heterocycles. The number of nitrogens with one attached hydrogen (secondary N) is 1. The average Bonchev–Trinajstić information content (AvgIpc) is 2.27. The third-order valence-electron chi connectivity index (χ3n) is 2.82. The van der Waals surface area contributed by atoms with Gasteiger partial charge in [0, 0.05) is 52.4 Å². The number of nitrogens with zero attached hydrogens (tertiary/aromatic N) is 2. The molecular formula is C10H22N4O2. The summed E-state index contributed by atoms with van der Waals surface area (Å²) in [5.41, 5.74) is 4.98. The first-order valence-corrected chi connectivity index (χ1v) is 5.81. The normalized spacial score (nSPS) is 18.6. The van der Waals surface area contributed by atoms with E-state index in [1.165, 1.54) is 0 Å². The summed E-state index contributed by atoms with van der Waals surface area (Å²) in [5, 5.41) is 11.3. The maximum absolute atomic E-state index is 10.5. The van der Waals surface area contributed by atoms with Gasteiger partial charge in [0.2, 0.25) is 0 Å². The number of hydrogen-bond acceptors (Lipinski definition) is 4. The number of aliphatic hydroxyl groups excluding tert-OH is 1. The number of urea groups is 1. The van der Waals surface area contributed by atoms with Gasteiger partial charge in [-0.15, -0.1) is 0 Å². The second-order valence-electron chi connectivity index (χ2n) is 4.05. The van der Waals surface area contributed by atoms with Crippen molar-refractivity contribution in [3.8, 4) is 0 Å². The Hall–Kier alpha value is -0.850. The zero-order valence-electron chi connectivity index (χ0n) is 9.69. The molecule has 1 saturated heterocycles. The number of carbonyl (C=O) groups is 1. The molecule has 1 fully saturated rings. The van der Waals surface area contributed by atoms with Crippen LogP contribution in [0, 0.1) is 0 Å². The van der Waals surface area contributed by atoms with Crippen LogP contribution in [0.3, 0.4) is 0 Å². The molecule has 0 spiro atoms. The van der Waals surface area contributed by atoms with Gasteiger partial charge < -0.3 is 21.1 Å². The smallest absolute Gasteiger partial charge is 0.312 e. The zero-order valence-corrected chi connectivity index (χ0v) is 9.69. The van der Waals surface area contributed by atoms with Crippen molar-refractivity contribution in [2.75, 3.05) is 52.4 Å². The Labute approximate surface area is 96.4 Å². The molecule has 0 radical (unpaired) electrons. The van der Waals surface area contributed by atoms with Crippen LogP contribution in [-0.2, 0) is 0 Å². The highest BCUT2D eigenvalue weighted by atomic mass is 16.3. The molecule has 0 atom stereocenters. The molecule has 1 aliphatic rings. The predicted molar refractivity (Wildman–Crippen MR) is 62.2 cm³/mol. The van der Waals surface area contributed by atoms with Gasteiger partial charge in [-0.1, -0.05) is 0 Å². The maximum atomic E-state index is 10.5. The molecule has 0 unspecified atom stereocenters. The number of amides is 2. The fourth-order valence-corrected chi connectivity index (χ4v) is 1.87. The maximum Gasteiger partial charge on any atom is 0.312 e. The monoisotopic (exact) mass is 230 g/mol. The summed E-state index contributed by atoms with van der Waals surface area (Å²) in [6.07, 6.45) is 0.850. The number of piperazine rings is 1. The lowest BCUT2D eigenvalue weighted by Gasteiger charge is -2.34. The first-order valence-electron chi connectivity index (χ1n) is 5.81. The van der Waals surface area contributed by atoms with Gasteiger partial charge in [-0.2, -0.15) is 0 Å². The molecule has 1 heterocycles. The molecule has 1 rings (SSSR count). The summed E-state index contributed by atoms with van der Waals surface area (Å²) in [6, 6.07) is -0.457. The van der Waals surface area contributed by atoms with Crippen molar-refractivity contribution in [1.29, 1.82) is 0 Å². The zero-order chi connectivity index (χ0) is 11.8. The summed E-state index contributed by atoms with van der Waals surface area (Å²) < 4.78 is 0. The minimum absolute atomic E-state index is 0.267. The molecule has 6 nitrogen and oxygen atoms in total. The first kappa shape index (κ1) is 13.2. The fourth-order valence-electron chi connectivity index (χ4n) is 1.87. The van der Waals surface area contributed by atoms with Gasteiger partial charge in [0.15, 0.2) is 0 Å². The van der Waals surface area contributed by atoms with Crippen molar-refractivity contribution in [3.63, 3.8) is 0 Å². The Balaban J connectivity index is 2.05. The Morgan fingerprint density at radius 1 is 1.19 bits per heavy atom. The van der Waals surface area contributed by atoms with Crippen LogP contribution < -0.4 is 11.1 Å². The Morgan fingerprint density at radius 2 is 1.75 bits per heavy atom. The summed E-state index contributed by atoms with van der Waals surface area (Å²) in [6.45, 7) is 6.83. The Kier molecular flexibility index (Phi) is 6.14. The van der Waals surface area contributed by atoms with Crippen LogP contribution in [0.5, 0.6) is 0 Å². The van der Waals surface area contributed by atoms with E-state index in [0.717, 1.165) is 45.7 Å². The van der Waals surface area contributed by atoms with Crippen LogP contribution in [0.15, 0.2) is 0 Å². The van der Waals surface area contributed by atoms with Crippen LogP contribution in [0.2, 0.25) is 0 Å². The Bertz CT molecular complexity index is 205. The van der Waals surface area contributed by atoms with Crippen molar-refractivity contribution in [1.82, 2.24) is 15.1 Å². The predicted octanol–water partition coefficient (Wildman–Crippen LogP) is -1.35. The molecule has 6 heteroatoms. The van der Waals surface area contributed by atoms with Gasteiger partial charge >= 0.3 is 6.03 Å². The highest BCUT2D eigenvalue weighted by Crippen LogP contribution is 2.01. The SMILES string of the molecule is NC(=O)NCCN1CCN(CCCO)CC1. The first-order chi connectivity index (χ1) is 7.72. The molecule has 0 aromatic heterocycles. The van der Waals surface area contributed by atoms with E-state index in [2.05, 4.69) is 15.1 Å². The van der Waals surface area contributed by atoms with Gasteiger partial charge in [-0.25, -0.2) is 4.79 Å². The van der Waals surface area contributed by atoms with E-state index in [1.54, 1.807) is 0 Å². The largest absolute Gasteiger partial charge is 0.396 e. The van der Waals surface area contributed by atoms with E-state index >= 15 is 0 Å². The van der Waals surface area contributed by atoms with E-state index in [4.69, 9.17) is 10.8 Å². The van der Waals surface area contributed by atoms with Crippen molar-refractivity contribution < 1.29 is 9.90 Å². The van der Waals surface area contributed by atoms with Gasteiger partial charge in [0.25, 0.3) is 0 Å². The third kappa shape index (κ3) is 5.29. The minimum atomic E-state index is -0.457. The number of rotatable bonds is 6. The number of nitrogens with two attached hydrogens (primary N) is 1. The standard InChI is InChI=1S/C10H22N4O2/c11-10(16)12-2-4-14-7-5-13(6-8-14)3-1-9-15/h15H,1-9H2,(H3,11,12,16). The molecule has 0 saturated carbocycles. The van der Waals surface area contributed by atoms with Crippen LogP contribution >= 0.6 is 0 Å². The molecule has 94 valence electrons. The second kappa shape index (κ2) is 7.43. The summed E-state index contributed by atoms with van der Waals surface area (Å²) in [4.78, 5) is 15.1. The lowest BCUT2D eigenvalue weighted by atomic mass is 10.3. The topological polar surface area (TPSA) is 81.8 Å². The van der Waals surface area contributed by atoms with Gasteiger partial charge in [-0.05, 0) is 6.42 Å². The van der Waals surface area contributed by atoms with Gasteiger partial charge in [0.1, 0.15) is 0 Å². The fraction of sp³-hybridized carbons (Fsp3) is 0.900. The molecule has 0 aliphatic carbocycles. The number of carbonyl (C=O) groups excluding carboxylic acids is 1. The summed E-state index contributed by atoms with van der Waals surface area (Å²) in [5.74, 6) is 0. The number of primary amides is 1. The van der Waals surface area contributed by atoms with E-state index in [-0.39, 0.29) is 6.61 Å². The number of aliphatic hydroxyl groups is 1. The quantitative estimate of drug-likeness (QED) is 0.527. The molecule has 2 amide bonds. The third-order valence-corrected chi connectivity index (χ3v) is 2.82. The second-order valence-corrected chi connectivity index (χ2v) is 4.05. The van der Waals surface area contributed by atoms with Crippen molar-refractivity contribution in [3.05, 3.63) is 0 Å².